The van der Waals surface area contributed by atoms with Crippen LogP contribution in [-0.4, -0.2) is 43.6 Å². The minimum atomic E-state index is -0.521. The highest BCUT2D eigenvalue weighted by atomic mass is 32.1. The van der Waals surface area contributed by atoms with Crippen LogP contribution in [0.4, 0.5) is 4.39 Å². The zero-order valence-corrected chi connectivity index (χ0v) is 18.9. The number of carbonyl (C=O) groups is 2. The van der Waals surface area contributed by atoms with Crippen LogP contribution in [0.1, 0.15) is 50.1 Å². The minimum Gasteiger partial charge on any atom is -0.364 e. The first kappa shape index (κ1) is 20.8. The summed E-state index contributed by atoms with van der Waals surface area (Å²) in [6.07, 6.45) is 2.38. The summed E-state index contributed by atoms with van der Waals surface area (Å²) in [5.74, 6) is -0.534. The van der Waals surface area contributed by atoms with Gasteiger partial charge in [-0.2, -0.15) is 5.10 Å². The monoisotopic (exact) mass is 453 g/mol. The van der Waals surface area contributed by atoms with Crippen molar-refractivity contribution in [2.75, 3.05) is 0 Å². The molecule has 2 aromatic heterocycles. The van der Waals surface area contributed by atoms with E-state index in [1.54, 1.807) is 19.2 Å². The van der Waals surface area contributed by atoms with E-state index in [0.717, 1.165) is 29.1 Å². The number of likely N-dealkylation sites (tertiary alicyclic amines) is 1. The topological polar surface area (TPSA) is 94.1 Å². The van der Waals surface area contributed by atoms with Crippen LogP contribution >= 0.6 is 11.3 Å². The lowest BCUT2D eigenvalue weighted by Gasteiger charge is -2.27. The van der Waals surface area contributed by atoms with E-state index in [4.69, 9.17) is 5.73 Å². The average Bonchev–Trinajstić information content (AvgIpc) is 3.07. The molecule has 1 saturated carbocycles. The predicted octanol–water partition coefficient (Wildman–Crippen LogP) is 3.24. The second-order valence-corrected chi connectivity index (χ2v) is 9.89. The van der Waals surface area contributed by atoms with Crippen molar-refractivity contribution in [1.82, 2.24) is 19.7 Å². The smallest absolute Gasteiger partial charge is 0.274 e. The number of thiazole rings is 1. The Hall–Kier alpha value is -3.07. The third kappa shape index (κ3) is 3.40. The maximum Gasteiger partial charge on any atom is 0.274 e. The summed E-state index contributed by atoms with van der Waals surface area (Å²) in [7, 11) is 1.70. The number of hydrogen-bond donors (Lipinski definition) is 1. The molecular formula is C23H24FN5O2S. The minimum absolute atomic E-state index is 0.0605. The number of nitrogens with two attached hydrogens (primary N) is 1. The van der Waals surface area contributed by atoms with Crippen molar-refractivity contribution in [3.63, 3.8) is 0 Å². The van der Waals surface area contributed by atoms with Gasteiger partial charge in [0.2, 0.25) is 0 Å². The van der Waals surface area contributed by atoms with Gasteiger partial charge in [-0.1, -0.05) is 12.1 Å². The Bertz CT molecular complexity index is 1250. The molecule has 1 aliphatic carbocycles. The van der Waals surface area contributed by atoms with Crippen molar-refractivity contribution >= 4 is 23.2 Å². The molecule has 3 atom stereocenters. The number of rotatable bonds is 5. The number of benzene rings is 1. The lowest BCUT2D eigenvalue weighted by atomic mass is 9.99. The van der Waals surface area contributed by atoms with Crippen LogP contribution in [0.5, 0.6) is 0 Å². The summed E-state index contributed by atoms with van der Waals surface area (Å²) < 4.78 is 15.4. The van der Waals surface area contributed by atoms with Gasteiger partial charge < -0.3 is 10.6 Å². The van der Waals surface area contributed by atoms with Crippen LogP contribution < -0.4 is 5.73 Å². The predicted molar refractivity (Wildman–Crippen MR) is 119 cm³/mol. The van der Waals surface area contributed by atoms with E-state index in [1.165, 1.54) is 28.2 Å². The Kier molecular flexibility index (Phi) is 4.88. The van der Waals surface area contributed by atoms with Gasteiger partial charge in [0.1, 0.15) is 17.2 Å². The molecule has 32 heavy (non-hydrogen) atoms. The Morgan fingerprint density at radius 1 is 1.28 bits per heavy atom. The number of piperidine rings is 1. The largest absolute Gasteiger partial charge is 0.364 e. The van der Waals surface area contributed by atoms with Crippen LogP contribution in [-0.2, 0) is 13.5 Å². The average molecular weight is 454 g/mol. The SMILES string of the molecule is Cc1nc(C(=O)N2[C@H](Cc3c(C)nn(C)c3C(N)=O)C[C@@H]3C[C@@H]32)c(-c2cccc(F)c2)s1. The number of aromatic nitrogens is 3. The van der Waals surface area contributed by atoms with E-state index in [2.05, 4.69) is 10.1 Å². The lowest BCUT2D eigenvalue weighted by Crippen LogP contribution is -2.40. The van der Waals surface area contributed by atoms with Crippen LogP contribution in [0.3, 0.4) is 0 Å². The number of primary amides is 1. The fraction of sp³-hybridized carbons (Fsp3) is 0.391. The summed E-state index contributed by atoms with van der Waals surface area (Å²) in [5.41, 5.74) is 8.56. The molecule has 3 heterocycles. The number of amides is 2. The molecule has 0 unspecified atom stereocenters. The molecule has 3 aromatic rings. The second-order valence-electron chi connectivity index (χ2n) is 8.69. The number of aryl methyl sites for hydroxylation is 3. The van der Waals surface area contributed by atoms with E-state index in [-0.39, 0.29) is 23.8 Å². The first-order valence-electron chi connectivity index (χ1n) is 10.6. The quantitative estimate of drug-likeness (QED) is 0.642. The maximum atomic E-state index is 13.9. The molecule has 2 N–H and O–H groups in total. The number of hydrogen-bond acceptors (Lipinski definition) is 5. The molecule has 5 rings (SSSR count). The standard InChI is InChI=1S/C23H24FN5O2S/c1-11-17(20(22(25)30)28(3)27-11)10-16-8-14-9-18(14)29(16)23(31)19-21(32-12(2)26-19)13-5-4-6-15(24)7-13/h4-7,14,16,18H,8-10H2,1-3H3,(H2,25,30)/t14-,16+,18+/m1/s1. The Labute approximate surface area is 189 Å². The van der Waals surface area contributed by atoms with Gasteiger partial charge in [-0.15, -0.1) is 11.3 Å². The van der Waals surface area contributed by atoms with Crippen LogP contribution in [0.2, 0.25) is 0 Å². The molecule has 2 fully saturated rings. The lowest BCUT2D eigenvalue weighted by molar-refractivity contribution is 0.0695. The summed E-state index contributed by atoms with van der Waals surface area (Å²) in [6, 6.07) is 6.38. The highest BCUT2D eigenvalue weighted by Gasteiger charge is 2.54. The van der Waals surface area contributed by atoms with Gasteiger partial charge in [0, 0.05) is 24.7 Å². The highest BCUT2D eigenvalue weighted by molar-refractivity contribution is 7.15. The molecule has 166 valence electrons. The summed E-state index contributed by atoms with van der Waals surface area (Å²) in [6.45, 7) is 3.71. The van der Waals surface area contributed by atoms with Gasteiger partial charge in [-0.25, -0.2) is 9.37 Å². The maximum absolute atomic E-state index is 13.9. The highest BCUT2D eigenvalue weighted by Crippen LogP contribution is 2.50. The molecule has 7 nitrogen and oxygen atoms in total. The molecule has 0 radical (unpaired) electrons. The molecule has 1 aromatic carbocycles. The number of carbonyl (C=O) groups excluding carboxylic acids is 2. The third-order valence-electron chi connectivity index (χ3n) is 6.49. The van der Waals surface area contributed by atoms with Crippen LogP contribution in [0, 0.1) is 25.6 Å². The Morgan fingerprint density at radius 3 is 2.78 bits per heavy atom. The van der Waals surface area contributed by atoms with Gasteiger partial charge in [0.25, 0.3) is 11.8 Å². The number of halogens is 1. The third-order valence-corrected chi connectivity index (χ3v) is 7.51. The number of fused-ring (bicyclic) bond motifs is 1. The van der Waals surface area contributed by atoms with E-state index >= 15 is 0 Å². The van der Waals surface area contributed by atoms with Crippen LogP contribution in [0.15, 0.2) is 24.3 Å². The molecule has 1 aliphatic heterocycles. The zero-order valence-electron chi connectivity index (χ0n) is 18.1. The fourth-order valence-corrected chi connectivity index (χ4v) is 5.97. The summed E-state index contributed by atoms with van der Waals surface area (Å²) in [5, 5.41) is 5.12. The Morgan fingerprint density at radius 2 is 2.06 bits per heavy atom. The Balaban J connectivity index is 1.49. The van der Waals surface area contributed by atoms with Gasteiger partial charge in [0.05, 0.1) is 15.6 Å². The molecule has 2 aliphatic rings. The second kappa shape index (κ2) is 7.51. The van der Waals surface area contributed by atoms with Crippen molar-refractivity contribution in [2.24, 2.45) is 18.7 Å². The zero-order chi connectivity index (χ0) is 22.7. The van der Waals surface area contributed by atoms with E-state index in [1.807, 2.05) is 18.7 Å². The summed E-state index contributed by atoms with van der Waals surface area (Å²) in [4.78, 5) is 32.9. The normalized spacial score (nSPS) is 21.6. The van der Waals surface area contributed by atoms with Crippen molar-refractivity contribution in [3.8, 4) is 10.4 Å². The molecule has 9 heteroatoms. The number of nitrogens with zero attached hydrogens (tertiary/aromatic N) is 4. The van der Waals surface area contributed by atoms with E-state index < -0.39 is 5.91 Å². The molecule has 0 bridgehead atoms. The molecule has 1 saturated heterocycles. The summed E-state index contributed by atoms with van der Waals surface area (Å²) >= 11 is 1.40. The fourth-order valence-electron chi connectivity index (χ4n) is 5.07. The van der Waals surface area contributed by atoms with Gasteiger partial charge >= 0.3 is 0 Å². The molecular weight excluding hydrogens is 429 g/mol. The van der Waals surface area contributed by atoms with Gasteiger partial charge in [-0.05, 0) is 56.7 Å². The van der Waals surface area contributed by atoms with Crippen LogP contribution in [0.25, 0.3) is 10.4 Å². The van der Waals surface area contributed by atoms with Crippen molar-refractivity contribution in [3.05, 3.63) is 57.7 Å². The van der Waals surface area contributed by atoms with Gasteiger partial charge in [-0.3, -0.25) is 14.3 Å². The van der Waals surface area contributed by atoms with Crippen molar-refractivity contribution in [2.45, 2.75) is 45.2 Å². The first-order chi connectivity index (χ1) is 15.2. The molecule has 0 spiro atoms. The van der Waals surface area contributed by atoms with E-state index in [0.29, 0.717) is 34.2 Å². The molecule has 2 amide bonds. The van der Waals surface area contributed by atoms with Crippen molar-refractivity contribution in [1.29, 1.82) is 0 Å². The van der Waals surface area contributed by atoms with Gasteiger partial charge in [0.15, 0.2) is 0 Å². The first-order valence-corrected chi connectivity index (χ1v) is 11.4. The van der Waals surface area contributed by atoms with Crippen molar-refractivity contribution < 1.29 is 14.0 Å². The van der Waals surface area contributed by atoms with E-state index in [9.17, 15) is 14.0 Å².